The normalized spacial score (nSPS) is 19.5. The second-order valence-corrected chi connectivity index (χ2v) is 6.24. The highest BCUT2D eigenvalue weighted by Gasteiger charge is 2.22. The highest BCUT2D eigenvalue weighted by molar-refractivity contribution is 5.69. The molecule has 1 atom stereocenters. The van der Waals surface area contributed by atoms with E-state index in [0.29, 0.717) is 13.2 Å². The second kappa shape index (κ2) is 7.72. The predicted octanol–water partition coefficient (Wildman–Crippen LogP) is 1.52. The quantitative estimate of drug-likeness (QED) is 0.863. The van der Waals surface area contributed by atoms with E-state index in [2.05, 4.69) is 36.9 Å². The SMILES string of the molecule is Cc1ccc(CN2CCOC(CN(C)CC(=O)O)C2)cc1C. The van der Waals surface area contributed by atoms with Crippen molar-refractivity contribution in [2.45, 2.75) is 26.5 Å². The molecular formula is C17H26N2O3. The number of carboxylic acids is 1. The van der Waals surface area contributed by atoms with Gasteiger partial charge in [0.25, 0.3) is 0 Å². The predicted molar refractivity (Wildman–Crippen MR) is 86.1 cm³/mol. The first-order valence-electron chi connectivity index (χ1n) is 7.74. The maximum Gasteiger partial charge on any atom is 0.317 e. The van der Waals surface area contributed by atoms with Gasteiger partial charge in [-0.05, 0) is 37.6 Å². The molecule has 1 aromatic carbocycles. The number of aryl methyl sites for hydroxylation is 2. The molecule has 0 aromatic heterocycles. The van der Waals surface area contributed by atoms with Crippen LogP contribution in [0.3, 0.4) is 0 Å². The number of carbonyl (C=O) groups is 1. The van der Waals surface area contributed by atoms with Gasteiger partial charge in [0.15, 0.2) is 0 Å². The van der Waals surface area contributed by atoms with Crippen molar-refractivity contribution in [3.63, 3.8) is 0 Å². The topological polar surface area (TPSA) is 53.0 Å². The van der Waals surface area contributed by atoms with Crippen molar-refractivity contribution >= 4 is 5.97 Å². The molecule has 1 N–H and O–H groups in total. The molecule has 1 aliphatic rings. The first-order chi connectivity index (χ1) is 10.4. The Morgan fingerprint density at radius 3 is 2.86 bits per heavy atom. The number of hydrogen-bond acceptors (Lipinski definition) is 4. The fourth-order valence-electron chi connectivity index (χ4n) is 2.84. The Morgan fingerprint density at radius 2 is 2.18 bits per heavy atom. The summed E-state index contributed by atoms with van der Waals surface area (Å²) in [5.41, 5.74) is 3.96. The zero-order valence-corrected chi connectivity index (χ0v) is 13.7. The van der Waals surface area contributed by atoms with Crippen molar-refractivity contribution in [1.29, 1.82) is 0 Å². The van der Waals surface area contributed by atoms with Crippen LogP contribution in [0.1, 0.15) is 16.7 Å². The van der Waals surface area contributed by atoms with Gasteiger partial charge in [0.2, 0.25) is 0 Å². The first kappa shape index (κ1) is 16.9. The first-order valence-corrected chi connectivity index (χ1v) is 7.74. The molecule has 1 aromatic rings. The number of morpholine rings is 1. The molecule has 1 heterocycles. The van der Waals surface area contributed by atoms with Crippen molar-refractivity contribution in [2.75, 3.05) is 39.8 Å². The average molecular weight is 306 g/mol. The van der Waals surface area contributed by atoms with E-state index in [1.54, 1.807) is 4.90 Å². The molecule has 1 saturated heterocycles. The minimum Gasteiger partial charge on any atom is -0.480 e. The van der Waals surface area contributed by atoms with E-state index in [9.17, 15) is 4.79 Å². The van der Waals surface area contributed by atoms with Crippen molar-refractivity contribution in [2.24, 2.45) is 0 Å². The number of rotatable bonds is 6. The maximum atomic E-state index is 10.7. The summed E-state index contributed by atoms with van der Waals surface area (Å²) in [6, 6.07) is 6.60. The van der Waals surface area contributed by atoms with E-state index in [-0.39, 0.29) is 12.6 Å². The largest absolute Gasteiger partial charge is 0.480 e. The molecule has 122 valence electrons. The van der Waals surface area contributed by atoms with E-state index in [4.69, 9.17) is 9.84 Å². The third kappa shape index (κ3) is 5.09. The van der Waals surface area contributed by atoms with E-state index in [1.807, 2.05) is 7.05 Å². The van der Waals surface area contributed by atoms with Crippen molar-refractivity contribution in [3.05, 3.63) is 34.9 Å². The molecule has 1 unspecified atom stereocenters. The molecular weight excluding hydrogens is 280 g/mol. The summed E-state index contributed by atoms with van der Waals surface area (Å²) < 4.78 is 5.76. The summed E-state index contributed by atoms with van der Waals surface area (Å²) in [5.74, 6) is -0.801. The molecule has 22 heavy (non-hydrogen) atoms. The fourth-order valence-corrected chi connectivity index (χ4v) is 2.84. The van der Waals surface area contributed by atoms with Crippen LogP contribution in [0.25, 0.3) is 0 Å². The molecule has 5 heteroatoms. The van der Waals surface area contributed by atoms with Gasteiger partial charge in [0.05, 0.1) is 19.3 Å². The van der Waals surface area contributed by atoms with Gasteiger partial charge >= 0.3 is 5.97 Å². The summed E-state index contributed by atoms with van der Waals surface area (Å²) in [6.07, 6.45) is 0.0737. The fraction of sp³-hybridized carbons (Fsp3) is 0.588. The lowest BCUT2D eigenvalue weighted by Gasteiger charge is -2.34. The standard InChI is InChI=1S/C17H26N2O3/c1-13-4-5-15(8-14(13)2)9-19-6-7-22-16(11-19)10-18(3)12-17(20)21/h4-5,8,16H,6-7,9-12H2,1-3H3,(H,20,21). The smallest absolute Gasteiger partial charge is 0.317 e. The van der Waals surface area contributed by atoms with Crippen LogP contribution in [0.15, 0.2) is 18.2 Å². The Kier molecular flexibility index (Phi) is 5.94. The van der Waals surface area contributed by atoms with E-state index < -0.39 is 5.97 Å². The average Bonchev–Trinajstić information content (AvgIpc) is 2.42. The Hall–Kier alpha value is -1.43. The zero-order chi connectivity index (χ0) is 16.1. The number of benzene rings is 1. The zero-order valence-electron chi connectivity index (χ0n) is 13.7. The number of aliphatic carboxylic acids is 1. The molecule has 0 radical (unpaired) electrons. The Balaban J connectivity index is 1.87. The molecule has 2 rings (SSSR count). The molecule has 0 bridgehead atoms. The summed E-state index contributed by atoms with van der Waals surface area (Å²) in [7, 11) is 1.82. The maximum absolute atomic E-state index is 10.7. The van der Waals surface area contributed by atoms with Gasteiger partial charge < -0.3 is 9.84 Å². The van der Waals surface area contributed by atoms with Gasteiger partial charge in [0.1, 0.15) is 0 Å². The van der Waals surface area contributed by atoms with Crippen LogP contribution in [-0.2, 0) is 16.1 Å². The van der Waals surface area contributed by atoms with Crippen molar-refractivity contribution in [3.8, 4) is 0 Å². The number of carboxylic acid groups (broad SMARTS) is 1. The van der Waals surface area contributed by atoms with Gasteiger partial charge in [-0.1, -0.05) is 18.2 Å². The van der Waals surface area contributed by atoms with Crippen molar-refractivity contribution in [1.82, 2.24) is 9.80 Å². The van der Waals surface area contributed by atoms with Gasteiger partial charge in [0, 0.05) is 26.2 Å². The van der Waals surface area contributed by atoms with Crippen LogP contribution in [0, 0.1) is 13.8 Å². The highest BCUT2D eigenvalue weighted by Crippen LogP contribution is 2.14. The lowest BCUT2D eigenvalue weighted by Crippen LogP contribution is -2.47. The summed E-state index contributed by atoms with van der Waals surface area (Å²) in [6.45, 7) is 8.36. The minimum absolute atomic E-state index is 0.0526. The third-order valence-electron chi connectivity index (χ3n) is 4.12. The number of hydrogen-bond donors (Lipinski definition) is 1. The summed E-state index contributed by atoms with van der Waals surface area (Å²) >= 11 is 0. The lowest BCUT2D eigenvalue weighted by molar-refractivity contribution is -0.138. The highest BCUT2D eigenvalue weighted by atomic mass is 16.5. The molecule has 0 amide bonds. The van der Waals surface area contributed by atoms with Gasteiger partial charge in [-0.2, -0.15) is 0 Å². The van der Waals surface area contributed by atoms with Crippen LogP contribution in [0.5, 0.6) is 0 Å². The molecule has 0 aliphatic carbocycles. The molecule has 0 spiro atoms. The minimum atomic E-state index is -0.801. The van der Waals surface area contributed by atoms with Gasteiger partial charge in [-0.3, -0.25) is 14.6 Å². The number of ether oxygens (including phenoxy) is 1. The van der Waals surface area contributed by atoms with Gasteiger partial charge in [-0.25, -0.2) is 0 Å². The lowest BCUT2D eigenvalue weighted by atomic mass is 10.1. The van der Waals surface area contributed by atoms with Gasteiger partial charge in [-0.15, -0.1) is 0 Å². The van der Waals surface area contributed by atoms with Crippen LogP contribution in [0.2, 0.25) is 0 Å². The van der Waals surface area contributed by atoms with Crippen LogP contribution in [0.4, 0.5) is 0 Å². The Labute approximate surface area is 132 Å². The Morgan fingerprint density at radius 1 is 1.41 bits per heavy atom. The number of nitrogens with zero attached hydrogens (tertiary/aromatic N) is 2. The van der Waals surface area contributed by atoms with E-state index in [0.717, 1.165) is 19.6 Å². The molecule has 1 aliphatic heterocycles. The van der Waals surface area contributed by atoms with Crippen LogP contribution >= 0.6 is 0 Å². The third-order valence-corrected chi connectivity index (χ3v) is 4.12. The molecule has 1 fully saturated rings. The van der Waals surface area contributed by atoms with E-state index in [1.165, 1.54) is 16.7 Å². The molecule has 0 saturated carbocycles. The molecule has 5 nitrogen and oxygen atoms in total. The number of likely N-dealkylation sites (N-methyl/N-ethyl adjacent to an activating group) is 1. The summed E-state index contributed by atoms with van der Waals surface area (Å²) in [4.78, 5) is 14.9. The van der Waals surface area contributed by atoms with Crippen LogP contribution in [-0.4, -0.2) is 66.8 Å². The van der Waals surface area contributed by atoms with E-state index >= 15 is 0 Å². The van der Waals surface area contributed by atoms with Crippen LogP contribution < -0.4 is 0 Å². The summed E-state index contributed by atoms with van der Waals surface area (Å²) in [5, 5.41) is 8.82. The monoisotopic (exact) mass is 306 g/mol. The van der Waals surface area contributed by atoms with Crippen molar-refractivity contribution < 1.29 is 14.6 Å². The second-order valence-electron chi connectivity index (χ2n) is 6.24. The Bertz CT molecular complexity index is 519.